The molecule has 33 heavy (non-hydrogen) atoms. The van der Waals surface area contributed by atoms with Crippen molar-refractivity contribution in [1.82, 2.24) is 0 Å². The van der Waals surface area contributed by atoms with Crippen molar-refractivity contribution in [2.45, 2.75) is 104 Å². The topological polar surface area (TPSA) is 89.9 Å². The molecule has 1 aromatic rings. The van der Waals surface area contributed by atoms with Gasteiger partial charge in [0, 0.05) is 12.3 Å². The maximum absolute atomic E-state index is 13.4. The monoisotopic (exact) mass is 460 g/mol. The molecule has 0 radical (unpaired) electrons. The zero-order valence-electron chi connectivity index (χ0n) is 21.7. The van der Waals surface area contributed by atoms with E-state index in [1.165, 1.54) is 6.92 Å². The summed E-state index contributed by atoms with van der Waals surface area (Å²) in [6, 6.07) is 7.52. The van der Waals surface area contributed by atoms with Gasteiger partial charge in [0.05, 0.1) is 11.5 Å². The van der Waals surface area contributed by atoms with Crippen molar-refractivity contribution in [2.24, 2.45) is 11.8 Å². The lowest BCUT2D eigenvalue weighted by molar-refractivity contribution is -0.182. The Balaban J connectivity index is 2.66. The van der Waals surface area contributed by atoms with Gasteiger partial charge in [0.1, 0.15) is 17.1 Å². The molecule has 0 aliphatic heterocycles. The Morgan fingerprint density at radius 1 is 0.879 bits per heavy atom. The Labute approximate surface area is 198 Å². The van der Waals surface area contributed by atoms with Crippen LogP contribution in [0.2, 0.25) is 0 Å². The molecule has 0 unspecified atom stereocenters. The number of esters is 2. The summed E-state index contributed by atoms with van der Waals surface area (Å²) in [5.41, 5.74) is -1.69. The van der Waals surface area contributed by atoms with Crippen LogP contribution in [-0.2, 0) is 29.3 Å². The third-order valence-electron chi connectivity index (χ3n) is 5.75. The number of ketones is 1. The molecule has 0 saturated heterocycles. The zero-order chi connectivity index (χ0) is 25.6. The predicted molar refractivity (Wildman–Crippen MR) is 127 cm³/mol. The van der Waals surface area contributed by atoms with Gasteiger partial charge in [-0.05, 0) is 65.0 Å². The Morgan fingerprint density at radius 3 is 1.76 bits per heavy atom. The van der Waals surface area contributed by atoms with E-state index in [4.69, 9.17) is 9.47 Å². The smallest absolute Gasteiger partial charge is 0.317 e. The first-order chi connectivity index (χ1) is 14.7. The lowest BCUT2D eigenvalue weighted by Gasteiger charge is -2.44. The van der Waals surface area contributed by atoms with Crippen molar-refractivity contribution >= 4 is 17.7 Å². The predicted octanol–water partition coefficient (Wildman–Crippen LogP) is 4.71. The van der Waals surface area contributed by atoms with Crippen molar-refractivity contribution in [3.05, 3.63) is 35.4 Å². The normalized spacial score (nSPS) is 26.6. The van der Waals surface area contributed by atoms with E-state index >= 15 is 0 Å². The van der Waals surface area contributed by atoms with Gasteiger partial charge in [-0.2, -0.15) is 0 Å². The van der Waals surface area contributed by atoms with E-state index < -0.39 is 52.3 Å². The molecule has 1 saturated carbocycles. The molecule has 0 aromatic heterocycles. The molecule has 1 fully saturated rings. The fourth-order valence-electron chi connectivity index (χ4n) is 4.35. The van der Waals surface area contributed by atoms with Crippen LogP contribution in [0.3, 0.4) is 0 Å². The quantitative estimate of drug-likeness (QED) is 0.519. The molecule has 6 heteroatoms. The summed E-state index contributed by atoms with van der Waals surface area (Å²) < 4.78 is 11.2. The standard InChI is InChI=1S/C27H40O6/c1-24(2,3)17-13-11-16(12-14-17)19-20(22(29)32-25(4,5)6)18(28)15-27(10,31)21(19)23(30)33-26(7,8)9/h11-14,19-21,31H,15H2,1-10H3/t19-,20-,21+,27+/m1/s1. The molecule has 0 heterocycles. The van der Waals surface area contributed by atoms with Gasteiger partial charge >= 0.3 is 11.9 Å². The second-order valence-corrected chi connectivity index (χ2v) is 12.4. The highest BCUT2D eigenvalue weighted by Gasteiger charge is 2.57. The molecule has 6 nitrogen and oxygen atoms in total. The summed E-state index contributed by atoms with van der Waals surface area (Å²) >= 11 is 0. The van der Waals surface area contributed by atoms with Crippen LogP contribution in [0.4, 0.5) is 0 Å². The number of carbonyl (C=O) groups excluding carboxylic acids is 3. The van der Waals surface area contributed by atoms with Gasteiger partial charge in [-0.3, -0.25) is 14.4 Å². The molecule has 0 spiro atoms. The first kappa shape index (κ1) is 27.0. The number of aliphatic hydroxyl groups is 1. The summed E-state index contributed by atoms with van der Waals surface area (Å²) in [4.78, 5) is 39.8. The van der Waals surface area contributed by atoms with Crippen LogP contribution in [0.1, 0.15) is 92.7 Å². The molecule has 2 rings (SSSR count). The summed E-state index contributed by atoms with van der Waals surface area (Å²) in [6.45, 7) is 18.1. The summed E-state index contributed by atoms with van der Waals surface area (Å²) in [7, 11) is 0. The van der Waals surface area contributed by atoms with E-state index in [2.05, 4.69) is 20.8 Å². The highest BCUT2D eigenvalue weighted by Crippen LogP contribution is 2.47. The van der Waals surface area contributed by atoms with Crippen molar-refractivity contribution in [2.75, 3.05) is 0 Å². The van der Waals surface area contributed by atoms with Gasteiger partial charge in [0.2, 0.25) is 0 Å². The van der Waals surface area contributed by atoms with Crippen molar-refractivity contribution in [3.8, 4) is 0 Å². The maximum atomic E-state index is 13.4. The van der Waals surface area contributed by atoms with Gasteiger partial charge < -0.3 is 14.6 Å². The Bertz CT molecular complexity index is 891. The van der Waals surface area contributed by atoms with Gasteiger partial charge in [-0.1, -0.05) is 45.0 Å². The number of rotatable bonds is 3. The minimum absolute atomic E-state index is 0.0957. The minimum atomic E-state index is -1.68. The molecular formula is C27H40O6. The van der Waals surface area contributed by atoms with E-state index in [0.29, 0.717) is 5.56 Å². The van der Waals surface area contributed by atoms with Crippen LogP contribution in [-0.4, -0.2) is 39.6 Å². The molecule has 1 aliphatic carbocycles. The third kappa shape index (κ3) is 6.66. The van der Waals surface area contributed by atoms with E-state index in [1.807, 2.05) is 24.3 Å². The van der Waals surface area contributed by atoms with Crippen LogP contribution >= 0.6 is 0 Å². The molecule has 1 aliphatic rings. The zero-order valence-corrected chi connectivity index (χ0v) is 21.7. The van der Waals surface area contributed by atoms with Gasteiger partial charge in [-0.25, -0.2) is 0 Å². The van der Waals surface area contributed by atoms with Gasteiger partial charge in [-0.15, -0.1) is 0 Å². The van der Waals surface area contributed by atoms with Crippen LogP contribution in [0.25, 0.3) is 0 Å². The average molecular weight is 461 g/mol. The molecule has 0 bridgehead atoms. The number of hydrogen-bond donors (Lipinski definition) is 1. The van der Waals surface area contributed by atoms with Crippen LogP contribution in [0, 0.1) is 11.8 Å². The lowest BCUT2D eigenvalue weighted by Crippen LogP contribution is -2.56. The third-order valence-corrected chi connectivity index (χ3v) is 5.75. The molecule has 1 aromatic carbocycles. The molecule has 0 amide bonds. The Hall–Kier alpha value is -2.21. The summed E-state index contributed by atoms with van der Waals surface area (Å²) in [6.07, 6.45) is -0.336. The highest BCUT2D eigenvalue weighted by molar-refractivity contribution is 6.03. The molecular weight excluding hydrogens is 420 g/mol. The van der Waals surface area contributed by atoms with E-state index in [1.54, 1.807) is 41.5 Å². The molecule has 1 N–H and O–H groups in total. The number of hydrogen-bond acceptors (Lipinski definition) is 6. The van der Waals surface area contributed by atoms with Crippen LogP contribution in [0.5, 0.6) is 0 Å². The Morgan fingerprint density at radius 2 is 1.33 bits per heavy atom. The van der Waals surface area contributed by atoms with Crippen molar-refractivity contribution in [3.63, 3.8) is 0 Å². The molecule has 4 atom stereocenters. The number of benzene rings is 1. The fraction of sp³-hybridized carbons (Fsp3) is 0.667. The van der Waals surface area contributed by atoms with E-state index in [-0.39, 0.29) is 11.8 Å². The first-order valence-corrected chi connectivity index (χ1v) is 11.5. The van der Waals surface area contributed by atoms with E-state index in [0.717, 1.165) is 5.56 Å². The summed E-state index contributed by atoms with van der Waals surface area (Å²) in [5, 5.41) is 11.2. The van der Waals surface area contributed by atoms with Gasteiger partial charge in [0.15, 0.2) is 5.78 Å². The second-order valence-electron chi connectivity index (χ2n) is 12.4. The number of ether oxygens (including phenoxy) is 2. The molecule has 184 valence electrons. The number of carbonyl (C=O) groups is 3. The maximum Gasteiger partial charge on any atom is 0.317 e. The summed E-state index contributed by atoms with van der Waals surface area (Å²) in [5.74, 6) is -5.03. The van der Waals surface area contributed by atoms with E-state index in [9.17, 15) is 19.5 Å². The number of Topliss-reactive ketones (excluding diaryl/α,β-unsaturated/α-hetero) is 1. The van der Waals surface area contributed by atoms with Crippen LogP contribution < -0.4 is 0 Å². The second kappa shape index (κ2) is 8.86. The largest absolute Gasteiger partial charge is 0.460 e. The average Bonchev–Trinajstić information content (AvgIpc) is 2.56. The highest BCUT2D eigenvalue weighted by atomic mass is 16.6. The van der Waals surface area contributed by atoms with Crippen molar-refractivity contribution < 1.29 is 29.0 Å². The fourth-order valence-corrected chi connectivity index (χ4v) is 4.35. The van der Waals surface area contributed by atoms with Crippen molar-refractivity contribution in [1.29, 1.82) is 0 Å². The first-order valence-electron chi connectivity index (χ1n) is 11.5. The SMILES string of the molecule is CC(C)(C)OC(=O)[C@@H]1C(=O)C[C@](C)(O)[C@H](C(=O)OC(C)(C)C)[C@@H]1c1ccc(C(C)(C)C)cc1. The minimum Gasteiger partial charge on any atom is -0.460 e. The van der Waals surface area contributed by atoms with Crippen LogP contribution in [0.15, 0.2) is 24.3 Å². The lowest BCUT2D eigenvalue weighted by atomic mass is 9.61. The Kier molecular flexibility index (Phi) is 7.26. The van der Waals surface area contributed by atoms with Gasteiger partial charge in [0.25, 0.3) is 0 Å².